The zero-order valence-electron chi connectivity index (χ0n) is 10.8. The Morgan fingerprint density at radius 2 is 2.06 bits per heavy atom. The average Bonchev–Trinajstić information content (AvgIpc) is 2.63. The second-order valence-electron chi connectivity index (χ2n) is 4.30. The van der Waals surface area contributed by atoms with Crippen LogP contribution >= 0.6 is 0 Å². The van der Waals surface area contributed by atoms with Gasteiger partial charge < -0.3 is 9.80 Å². The first kappa shape index (κ1) is 13.5. The van der Waals surface area contributed by atoms with Crippen LogP contribution in [0.1, 0.15) is 33.6 Å². The van der Waals surface area contributed by atoms with Crippen molar-refractivity contribution < 1.29 is 4.79 Å². The lowest BCUT2D eigenvalue weighted by molar-refractivity contribution is -0.128. The van der Waals surface area contributed by atoms with Crippen LogP contribution in [0.3, 0.4) is 0 Å². The van der Waals surface area contributed by atoms with E-state index in [1.54, 1.807) is 0 Å². The fraction of sp³-hybridized carbons (Fsp3) is 0.917. The lowest BCUT2D eigenvalue weighted by atomic mass is 10.2. The molecule has 0 aliphatic carbocycles. The lowest BCUT2D eigenvalue weighted by Crippen LogP contribution is -2.42. The molecule has 1 unspecified atom stereocenters. The topological polar surface area (TPSA) is 35.6 Å². The van der Waals surface area contributed by atoms with Gasteiger partial charge in [-0.05, 0) is 19.5 Å². The van der Waals surface area contributed by atoms with Crippen LogP contribution in [0.2, 0.25) is 0 Å². The number of amides is 1. The van der Waals surface area contributed by atoms with Crippen molar-refractivity contribution >= 4 is 5.91 Å². The number of rotatable bonds is 7. The third-order valence-corrected chi connectivity index (χ3v) is 3.30. The van der Waals surface area contributed by atoms with Crippen LogP contribution in [-0.4, -0.2) is 54.6 Å². The summed E-state index contributed by atoms with van der Waals surface area (Å²) in [5.41, 5.74) is 0. The number of carbonyl (C=O) groups is 1. The molecular formula is C12H25N3O. The molecule has 1 heterocycles. The SMILES string of the molecule is CCCC1NCC(=O)N1CCN(CC)CC. The molecule has 1 amide bonds. The lowest BCUT2D eigenvalue weighted by Gasteiger charge is -2.27. The zero-order valence-corrected chi connectivity index (χ0v) is 10.8. The monoisotopic (exact) mass is 227 g/mol. The quantitative estimate of drug-likeness (QED) is 0.701. The first-order valence-electron chi connectivity index (χ1n) is 6.48. The van der Waals surface area contributed by atoms with Gasteiger partial charge in [0.25, 0.3) is 0 Å². The van der Waals surface area contributed by atoms with Crippen LogP contribution < -0.4 is 5.32 Å². The van der Waals surface area contributed by atoms with Gasteiger partial charge >= 0.3 is 0 Å². The predicted molar refractivity (Wildman–Crippen MR) is 66.2 cm³/mol. The summed E-state index contributed by atoms with van der Waals surface area (Å²) in [6, 6.07) is 0. The molecule has 0 spiro atoms. The molecule has 4 nitrogen and oxygen atoms in total. The van der Waals surface area contributed by atoms with Gasteiger partial charge in [-0.3, -0.25) is 10.1 Å². The summed E-state index contributed by atoms with van der Waals surface area (Å²) in [6.07, 6.45) is 2.45. The van der Waals surface area contributed by atoms with Crippen molar-refractivity contribution in [2.45, 2.75) is 39.8 Å². The molecule has 1 rings (SSSR count). The summed E-state index contributed by atoms with van der Waals surface area (Å²) in [5.74, 6) is 0.255. The van der Waals surface area contributed by atoms with E-state index in [0.29, 0.717) is 6.54 Å². The summed E-state index contributed by atoms with van der Waals surface area (Å²) in [7, 11) is 0. The largest absolute Gasteiger partial charge is 0.325 e. The summed E-state index contributed by atoms with van der Waals surface area (Å²) in [5, 5.41) is 3.28. The Morgan fingerprint density at radius 1 is 1.38 bits per heavy atom. The first-order valence-corrected chi connectivity index (χ1v) is 6.48. The fourth-order valence-electron chi connectivity index (χ4n) is 2.19. The Bertz CT molecular complexity index is 216. The van der Waals surface area contributed by atoms with Crippen LogP contribution in [0.25, 0.3) is 0 Å². The maximum atomic E-state index is 11.7. The van der Waals surface area contributed by atoms with Crippen LogP contribution in [0.5, 0.6) is 0 Å². The van der Waals surface area contributed by atoms with Crippen molar-refractivity contribution in [3.8, 4) is 0 Å². The molecular weight excluding hydrogens is 202 g/mol. The van der Waals surface area contributed by atoms with Crippen molar-refractivity contribution in [3.63, 3.8) is 0 Å². The van der Waals surface area contributed by atoms with E-state index in [0.717, 1.165) is 39.0 Å². The molecule has 16 heavy (non-hydrogen) atoms. The van der Waals surface area contributed by atoms with Gasteiger partial charge in [0.2, 0.25) is 5.91 Å². The number of hydrogen-bond donors (Lipinski definition) is 1. The van der Waals surface area contributed by atoms with Gasteiger partial charge in [-0.1, -0.05) is 27.2 Å². The maximum Gasteiger partial charge on any atom is 0.237 e. The van der Waals surface area contributed by atoms with E-state index in [1.807, 2.05) is 4.90 Å². The molecule has 1 saturated heterocycles. The van der Waals surface area contributed by atoms with Crippen molar-refractivity contribution in [1.29, 1.82) is 0 Å². The second kappa shape index (κ2) is 6.86. The van der Waals surface area contributed by atoms with Crippen molar-refractivity contribution in [2.24, 2.45) is 0 Å². The Morgan fingerprint density at radius 3 is 2.62 bits per heavy atom. The molecule has 0 radical (unpaired) electrons. The second-order valence-corrected chi connectivity index (χ2v) is 4.30. The van der Waals surface area contributed by atoms with Crippen LogP contribution in [0.4, 0.5) is 0 Å². The highest BCUT2D eigenvalue weighted by molar-refractivity contribution is 5.80. The molecule has 1 aliphatic heterocycles. The van der Waals surface area contributed by atoms with E-state index in [4.69, 9.17) is 0 Å². The number of hydrogen-bond acceptors (Lipinski definition) is 3. The Balaban J connectivity index is 2.40. The maximum absolute atomic E-state index is 11.7. The minimum absolute atomic E-state index is 0.255. The fourth-order valence-corrected chi connectivity index (χ4v) is 2.19. The van der Waals surface area contributed by atoms with Gasteiger partial charge in [0.1, 0.15) is 0 Å². The minimum atomic E-state index is 0.255. The molecule has 4 heteroatoms. The first-order chi connectivity index (χ1) is 7.72. The van der Waals surface area contributed by atoms with Crippen molar-refractivity contribution in [1.82, 2.24) is 15.1 Å². The molecule has 1 fully saturated rings. The molecule has 1 N–H and O–H groups in total. The van der Waals surface area contributed by atoms with Gasteiger partial charge in [-0.25, -0.2) is 0 Å². The normalized spacial score (nSPS) is 21.1. The van der Waals surface area contributed by atoms with E-state index in [9.17, 15) is 4.79 Å². The molecule has 0 bridgehead atoms. The summed E-state index contributed by atoms with van der Waals surface area (Å²) < 4.78 is 0. The highest BCUT2D eigenvalue weighted by Gasteiger charge is 2.29. The van der Waals surface area contributed by atoms with Crippen LogP contribution in [-0.2, 0) is 4.79 Å². The average molecular weight is 227 g/mol. The molecule has 0 saturated carbocycles. The Kier molecular flexibility index (Phi) is 5.77. The number of likely N-dealkylation sites (N-methyl/N-ethyl adjacent to an activating group) is 1. The van der Waals surface area contributed by atoms with Gasteiger partial charge in [0.05, 0.1) is 12.7 Å². The Labute approximate surface area is 99.0 Å². The third-order valence-electron chi connectivity index (χ3n) is 3.30. The number of carbonyl (C=O) groups excluding carboxylic acids is 1. The molecule has 0 aromatic rings. The number of nitrogens with zero attached hydrogens (tertiary/aromatic N) is 2. The van der Waals surface area contributed by atoms with Crippen LogP contribution in [0.15, 0.2) is 0 Å². The van der Waals surface area contributed by atoms with E-state index in [2.05, 4.69) is 31.0 Å². The molecule has 1 aliphatic rings. The zero-order chi connectivity index (χ0) is 12.0. The number of nitrogens with one attached hydrogen (secondary N) is 1. The molecule has 0 aromatic heterocycles. The standard InChI is InChI=1S/C12H25N3O/c1-4-7-11-13-10-12(16)15(11)9-8-14(5-2)6-3/h11,13H,4-10H2,1-3H3. The van der Waals surface area contributed by atoms with E-state index < -0.39 is 0 Å². The van der Waals surface area contributed by atoms with E-state index in [1.165, 1.54) is 0 Å². The van der Waals surface area contributed by atoms with Gasteiger partial charge in [0, 0.05) is 13.1 Å². The van der Waals surface area contributed by atoms with Crippen molar-refractivity contribution in [3.05, 3.63) is 0 Å². The summed E-state index contributed by atoms with van der Waals surface area (Å²) in [6.45, 7) is 11.0. The van der Waals surface area contributed by atoms with Gasteiger partial charge in [0.15, 0.2) is 0 Å². The van der Waals surface area contributed by atoms with E-state index in [-0.39, 0.29) is 12.1 Å². The molecule has 0 aromatic carbocycles. The predicted octanol–water partition coefficient (Wildman–Crippen LogP) is 0.886. The Hall–Kier alpha value is -0.610. The summed E-state index contributed by atoms with van der Waals surface area (Å²) >= 11 is 0. The molecule has 1 atom stereocenters. The van der Waals surface area contributed by atoms with Crippen molar-refractivity contribution in [2.75, 3.05) is 32.7 Å². The highest BCUT2D eigenvalue weighted by Crippen LogP contribution is 2.10. The molecule has 94 valence electrons. The van der Waals surface area contributed by atoms with Gasteiger partial charge in [-0.2, -0.15) is 0 Å². The van der Waals surface area contributed by atoms with Gasteiger partial charge in [-0.15, -0.1) is 0 Å². The highest BCUT2D eigenvalue weighted by atomic mass is 16.2. The smallest absolute Gasteiger partial charge is 0.237 e. The third kappa shape index (κ3) is 3.46. The summed E-state index contributed by atoms with van der Waals surface area (Å²) in [4.78, 5) is 16.1. The minimum Gasteiger partial charge on any atom is -0.325 e. The van der Waals surface area contributed by atoms with Crippen LogP contribution in [0, 0.1) is 0 Å². The van der Waals surface area contributed by atoms with E-state index >= 15 is 0 Å².